The maximum atomic E-state index is 11.7. The van der Waals surface area contributed by atoms with E-state index in [4.69, 9.17) is 8.94 Å². The van der Waals surface area contributed by atoms with Crippen molar-refractivity contribution in [3.05, 3.63) is 84.9 Å². The van der Waals surface area contributed by atoms with Gasteiger partial charge in [0.2, 0.25) is 17.6 Å². The predicted molar refractivity (Wildman–Crippen MR) is 169 cm³/mol. The number of amides is 2. The first-order valence-electron chi connectivity index (χ1n) is 14.5. The molecular formula is C33H36N6O6. The standard InChI is InChI=1S/C17H17N3O.C9H8N2O3.C7H11NO2/c1-18-14-7-3-12(4-8-14)16-11-20-17(21-16)13-5-9-15(19-2)10-6-13;12-6-7-2-1-5-11(7)9(13)8-3-4-10-14-8;1-6(10)8-4-2-3-7(8)5-9/h3-11,18-19H,1-2H3;1-4,6-7H,5H2;5,7H,2-4H2,1H3/t;2*7-/m.00/s1. The smallest absolute Gasteiger partial charge is 0.293 e. The third kappa shape index (κ3) is 8.31. The second kappa shape index (κ2) is 15.8. The minimum atomic E-state index is -0.479. The number of hydrogen-bond acceptors (Lipinski definition) is 10. The fourth-order valence-corrected chi connectivity index (χ4v) is 4.79. The van der Waals surface area contributed by atoms with Crippen molar-refractivity contribution in [3.63, 3.8) is 0 Å². The molecule has 0 aliphatic carbocycles. The number of likely N-dealkylation sites (tertiary alicyclic amines) is 1. The van der Waals surface area contributed by atoms with E-state index in [2.05, 4.69) is 20.8 Å². The SMILES string of the molecule is CC(=O)N1CCC[C@H]1C=O.CNc1ccc(-c2cnc(-c3ccc(NC)cc3)o2)cc1.O=C[C@@H]1C=CCN1C(=O)c1ccno1. The Labute approximate surface area is 261 Å². The van der Waals surface area contributed by atoms with Gasteiger partial charge in [-0.2, -0.15) is 0 Å². The Kier molecular flexibility index (Phi) is 11.4. The van der Waals surface area contributed by atoms with Gasteiger partial charge < -0.3 is 39.0 Å². The van der Waals surface area contributed by atoms with Gasteiger partial charge in [0.05, 0.1) is 18.4 Å². The van der Waals surface area contributed by atoms with Gasteiger partial charge >= 0.3 is 0 Å². The topological polar surface area (TPSA) is 151 Å². The summed E-state index contributed by atoms with van der Waals surface area (Å²) in [6.45, 7) is 2.68. The normalized spacial score (nSPS) is 16.6. The Balaban J connectivity index is 0.000000166. The maximum Gasteiger partial charge on any atom is 0.293 e. The molecule has 12 heteroatoms. The quantitative estimate of drug-likeness (QED) is 0.225. The number of aromatic nitrogens is 2. The van der Waals surface area contributed by atoms with E-state index < -0.39 is 6.04 Å². The van der Waals surface area contributed by atoms with E-state index >= 15 is 0 Å². The summed E-state index contributed by atoms with van der Waals surface area (Å²) in [5.41, 5.74) is 4.11. The molecule has 2 aromatic heterocycles. The highest BCUT2D eigenvalue weighted by molar-refractivity contribution is 5.94. The van der Waals surface area contributed by atoms with E-state index in [1.807, 2.05) is 62.6 Å². The molecule has 0 unspecified atom stereocenters. The lowest BCUT2D eigenvalue weighted by molar-refractivity contribution is -0.132. The van der Waals surface area contributed by atoms with Crippen molar-refractivity contribution < 1.29 is 28.1 Å². The Morgan fingerprint density at radius 3 is 2.11 bits per heavy atom. The van der Waals surface area contributed by atoms with Crippen LogP contribution in [0.15, 0.2) is 88.1 Å². The average molecular weight is 613 g/mol. The number of carbonyl (C=O) groups is 4. The maximum absolute atomic E-state index is 11.7. The zero-order chi connectivity index (χ0) is 32.2. The monoisotopic (exact) mass is 612 g/mol. The van der Waals surface area contributed by atoms with Crippen LogP contribution in [0.5, 0.6) is 0 Å². The third-order valence-electron chi connectivity index (χ3n) is 7.29. The summed E-state index contributed by atoms with van der Waals surface area (Å²) in [6, 6.07) is 16.9. The Bertz CT molecular complexity index is 1520. The molecule has 0 radical (unpaired) electrons. The molecule has 2 N–H and O–H groups in total. The van der Waals surface area contributed by atoms with Crippen molar-refractivity contribution in [2.45, 2.75) is 31.8 Å². The molecule has 2 atom stereocenters. The predicted octanol–water partition coefficient (Wildman–Crippen LogP) is 4.54. The lowest BCUT2D eigenvalue weighted by atomic mass is 10.2. The highest BCUT2D eigenvalue weighted by atomic mass is 16.5. The summed E-state index contributed by atoms with van der Waals surface area (Å²) in [7, 11) is 3.80. The van der Waals surface area contributed by atoms with Crippen LogP contribution in [0.25, 0.3) is 22.8 Å². The second-order valence-corrected chi connectivity index (χ2v) is 10.1. The Morgan fingerprint density at radius 1 is 0.911 bits per heavy atom. The van der Waals surface area contributed by atoms with Crippen LogP contribution in [0.4, 0.5) is 11.4 Å². The fourth-order valence-electron chi connectivity index (χ4n) is 4.79. The van der Waals surface area contributed by atoms with Gasteiger partial charge in [-0.1, -0.05) is 17.3 Å². The van der Waals surface area contributed by atoms with Gasteiger partial charge in [0, 0.05) is 62.7 Å². The molecule has 1 fully saturated rings. The van der Waals surface area contributed by atoms with Crippen LogP contribution in [-0.2, 0) is 14.4 Å². The lowest BCUT2D eigenvalue weighted by Gasteiger charge is -2.18. The molecule has 6 rings (SSSR count). The third-order valence-corrected chi connectivity index (χ3v) is 7.29. The van der Waals surface area contributed by atoms with Crippen LogP contribution in [0.2, 0.25) is 0 Å². The van der Waals surface area contributed by atoms with Crippen LogP contribution < -0.4 is 10.6 Å². The van der Waals surface area contributed by atoms with E-state index in [0.717, 1.165) is 60.2 Å². The number of benzene rings is 2. The highest BCUT2D eigenvalue weighted by Gasteiger charge is 2.27. The van der Waals surface area contributed by atoms with Gasteiger partial charge in [0.1, 0.15) is 18.6 Å². The lowest BCUT2D eigenvalue weighted by Crippen LogP contribution is -2.36. The summed E-state index contributed by atoms with van der Waals surface area (Å²) in [5, 5.41) is 9.62. The molecule has 2 aliphatic rings. The minimum absolute atomic E-state index is 0.00889. The van der Waals surface area contributed by atoms with Gasteiger partial charge in [-0.25, -0.2) is 4.98 Å². The van der Waals surface area contributed by atoms with E-state index in [1.54, 1.807) is 23.2 Å². The molecule has 234 valence electrons. The first kappa shape index (κ1) is 32.4. The van der Waals surface area contributed by atoms with Crippen molar-refractivity contribution in [2.75, 3.05) is 37.8 Å². The van der Waals surface area contributed by atoms with Crippen LogP contribution in [0, 0.1) is 0 Å². The minimum Gasteiger partial charge on any atom is -0.436 e. The zero-order valence-electron chi connectivity index (χ0n) is 25.4. The zero-order valence-corrected chi connectivity index (χ0v) is 25.4. The molecule has 0 bridgehead atoms. The van der Waals surface area contributed by atoms with Gasteiger partial charge in [-0.15, -0.1) is 0 Å². The largest absolute Gasteiger partial charge is 0.436 e. The Morgan fingerprint density at radius 2 is 1.58 bits per heavy atom. The number of oxazole rings is 1. The molecule has 2 aliphatic heterocycles. The first-order valence-corrected chi connectivity index (χ1v) is 14.5. The highest BCUT2D eigenvalue weighted by Crippen LogP contribution is 2.27. The van der Waals surface area contributed by atoms with E-state index in [9.17, 15) is 19.2 Å². The summed E-state index contributed by atoms with van der Waals surface area (Å²) in [6.07, 6.45) is 9.98. The van der Waals surface area contributed by atoms with Crippen molar-refractivity contribution in [3.8, 4) is 22.8 Å². The average Bonchev–Trinajstić information content (AvgIpc) is 3.92. The molecule has 1 saturated heterocycles. The van der Waals surface area contributed by atoms with Crippen molar-refractivity contribution in [2.24, 2.45) is 0 Å². The molecular weight excluding hydrogens is 576 g/mol. The van der Waals surface area contributed by atoms with Gasteiger partial charge in [-0.3, -0.25) is 9.59 Å². The van der Waals surface area contributed by atoms with Gasteiger partial charge in [-0.05, 0) is 61.4 Å². The number of aldehydes is 2. The summed E-state index contributed by atoms with van der Waals surface area (Å²) >= 11 is 0. The molecule has 12 nitrogen and oxygen atoms in total. The molecule has 2 amide bonds. The van der Waals surface area contributed by atoms with E-state index in [1.165, 1.54) is 24.1 Å². The van der Waals surface area contributed by atoms with E-state index in [0.29, 0.717) is 12.4 Å². The van der Waals surface area contributed by atoms with Gasteiger partial charge in [0.25, 0.3) is 5.91 Å². The second-order valence-electron chi connectivity index (χ2n) is 10.1. The fraction of sp³-hybridized carbons (Fsp3) is 0.273. The van der Waals surface area contributed by atoms with E-state index in [-0.39, 0.29) is 23.6 Å². The number of rotatable bonds is 7. The number of anilines is 2. The number of nitrogens with one attached hydrogen (secondary N) is 2. The molecule has 0 saturated carbocycles. The van der Waals surface area contributed by atoms with Crippen molar-refractivity contribution >= 4 is 35.8 Å². The summed E-state index contributed by atoms with van der Waals surface area (Å²) < 4.78 is 10.6. The molecule has 0 spiro atoms. The molecule has 2 aromatic carbocycles. The summed E-state index contributed by atoms with van der Waals surface area (Å²) in [4.78, 5) is 50.8. The van der Waals surface area contributed by atoms with Crippen LogP contribution in [0.1, 0.15) is 30.3 Å². The van der Waals surface area contributed by atoms with Crippen molar-refractivity contribution in [1.29, 1.82) is 0 Å². The summed E-state index contributed by atoms with van der Waals surface area (Å²) in [5.74, 6) is 1.25. The van der Waals surface area contributed by atoms with Gasteiger partial charge in [0.15, 0.2) is 5.76 Å². The first-order chi connectivity index (χ1) is 21.9. The van der Waals surface area contributed by atoms with Crippen LogP contribution in [-0.4, -0.2) is 83.6 Å². The number of nitrogens with zero attached hydrogens (tertiary/aromatic N) is 4. The number of hydrogen-bond donors (Lipinski definition) is 2. The van der Waals surface area contributed by atoms with Crippen LogP contribution >= 0.6 is 0 Å². The number of carbonyl (C=O) groups excluding carboxylic acids is 4. The van der Waals surface area contributed by atoms with Crippen LogP contribution in [0.3, 0.4) is 0 Å². The molecule has 4 heterocycles. The Hall–Kier alpha value is -5.52. The van der Waals surface area contributed by atoms with Crippen molar-refractivity contribution in [1.82, 2.24) is 19.9 Å². The molecule has 4 aromatic rings. The molecule has 45 heavy (non-hydrogen) atoms.